The van der Waals surface area contributed by atoms with E-state index in [1.807, 2.05) is 36.4 Å². The Kier molecular flexibility index (Phi) is 3.74. The number of benzene rings is 2. The molecule has 0 saturated carbocycles. The number of aliphatic hydroxyl groups excluding tert-OH is 1. The van der Waals surface area contributed by atoms with Crippen molar-refractivity contribution in [3.05, 3.63) is 75.4 Å². The first-order valence-corrected chi connectivity index (χ1v) is 7.29. The molecule has 0 radical (unpaired) electrons. The van der Waals surface area contributed by atoms with E-state index in [9.17, 15) is 5.11 Å². The molecule has 4 heteroatoms. The molecule has 0 saturated heterocycles. The number of aliphatic hydroxyl groups is 1. The maximum Gasteiger partial charge on any atom is 0.104 e. The van der Waals surface area contributed by atoms with E-state index in [0.29, 0.717) is 5.02 Å². The SMILES string of the molecule is OC(c1cc(Cl)cc(Br)c1)c1ccc2cccnc2c1. The second kappa shape index (κ2) is 5.52. The van der Waals surface area contributed by atoms with Gasteiger partial charge in [0, 0.05) is 21.1 Å². The summed E-state index contributed by atoms with van der Waals surface area (Å²) in [7, 11) is 0. The zero-order valence-corrected chi connectivity index (χ0v) is 12.8. The molecular formula is C16H11BrClNO. The molecule has 0 fully saturated rings. The summed E-state index contributed by atoms with van der Waals surface area (Å²) >= 11 is 9.41. The van der Waals surface area contributed by atoms with E-state index in [1.165, 1.54) is 0 Å². The zero-order valence-electron chi connectivity index (χ0n) is 10.4. The molecule has 0 aliphatic carbocycles. The lowest BCUT2D eigenvalue weighted by atomic mass is 10.0. The minimum absolute atomic E-state index is 0.590. The van der Waals surface area contributed by atoms with Gasteiger partial charge in [0.25, 0.3) is 0 Å². The van der Waals surface area contributed by atoms with Crippen LogP contribution in [0.25, 0.3) is 10.9 Å². The highest BCUT2D eigenvalue weighted by Crippen LogP contribution is 2.29. The van der Waals surface area contributed by atoms with Crippen molar-refractivity contribution in [1.82, 2.24) is 4.98 Å². The number of halogens is 2. The van der Waals surface area contributed by atoms with Gasteiger partial charge in [-0.2, -0.15) is 0 Å². The van der Waals surface area contributed by atoms with Gasteiger partial charge in [0.15, 0.2) is 0 Å². The summed E-state index contributed by atoms with van der Waals surface area (Å²) in [6, 6.07) is 15.1. The average molecular weight is 349 g/mol. The Morgan fingerprint density at radius 1 is 1.05 bits per heavy atom. The predicted molar refractivity (Wildman–Crippen MR) is 85.0 cm³/mol. The summed E-state index contributed by atoms with van der Waals surface area (Å²) in [5.41, 5.74) is 2.41. The summed E-state index contributed by atoms with van der Waals surface area (Å²) in [6.45, 7) is 0. The Hall–Kier alpha value is -1.42. The fourth-order valence-corrected chi connectivity index (χ4v) is 3.07. The van der Waals surface area contributed by atoms with E-state index in [-0.39, 0.29) is 0 Å². The highest BCUT2D eigenvalue weighted by Gasteiger charge is 2.12. The predicted octanol–water partition coefficient (Wildman–Crippen LogP) is 4.73. The minimum atomic E-state index is -0.726. The van der Waals surface area contributed by atoms with Gasteiger partial charge in [0.1, 0.15) is 6.10 Å². The number of hydrogen-bond acceptors (Lipinski definition) is 2. The van der Waals surface area contributed by atoms with E-state index in [1.54, 1.807) is 18.3 Å². The van der Waals surface area contributed by atoms with Crippen LogP contribution in [0.3, 0.4) is 0 Å². The van der Waals surface area contributed by atoms with Crippen LogP contribution in [0.15, 0.2) is 59.2 Å². The summed E-state index contributed by atoms with van der Waals surface area (Å²) in [5, 5.41) is 12.1. The third kappa shape index (κ3) is 2.70. The fraction of sp³-hybridized carbons (Fsp3) is 0.0625. The first kappa shape index (κ1) is 13.6. The molecule has 0 spiro atoms. The van der Waals surface area contributed by atoms with Gasteiger partial charge >= 0.3 is 0 Å². The van der Waals surface area contributed by atoms with Gasteiger partial charge in [-0.1, -0.05) is 45.7 Å². The molecule has 20 heavy (non-hydrogen) atoms. The Morgan fingerprint density at radius 3 is 2.70 bits per heavy atom. The lowest BCUT2D eigenvalue weighted by Crippen LogP contribution is -2.00. The third-order valence-electron chi connectivity index (χ3n) is 3.15. The van der Waals surface area contributed by atoms with Crippen molar-refractivity contribution in [3.63, 3.8) is 0 Å². The molecule has 3 aromatic rings. The summed E-state index contributed by atoms with van der Waals surface area (Å²) in [4.78, 5) is 4.31. The quantitative estimate of drug-likeness (QED) is 0.726. The summed E-state index contributed by atoms with van der Waals surface area (Å²) in [5.74, 6) is 0. The molecule has 0 bridgehead atoms. The van der Waals surface area contributed by atoms with Crippen LogP contribution in [0.2, 0.25) is 5.02 Å². The van der Waals surface area contributed by atoms with Gasteiger partial charge in [-0.15, -0.1) is 0 Å². The van der Waals surface area contributed by atoms with Crippen molar-refractivity contribution in [1.29, 1.82) is 0 Å². The van der Waals surface area contributed by atoms with Crippen LogP contribution in [0.5, 0.6) is 0 Å². The van der Waals surface area contributed by atoms with Gasteiger partial charge in [-0.25, -0.2) is 0 Å². The Balaban J connectivity index is 2.05. The van der Waals surface area contributed by atoms with E-state index in [0.717, 1.165) is 26.5 Å². The van der Waals surface area contributed by atoms with E-state index >= 15 is 0 Å². The maximum atomic E-state index is 10.5. The van der Waals surface area contributed by atoms with Crippen molar-refractivity contribution in [2.45, 2.75) is 6.10 Å². The van der Waals surface area contributed by atoms with Crippen LogP contribution in [0.4, 0.5) is 0 Å². The van der Waals surface area contributed by atoms with Crippen molar-refractivity contribution in [2.24, 2.45) is 0 Å². The fourth-order valence-electron chi connectivity index (χ4n) is 2.18. The van der Waals surface area contributed by atoms with Crippen molar-refractivity contribution in [2.75, 3.05) is 0 Å². The van der Waals surface area contributed by atoms with Crippen molar-refractivity contribution in [3.8, 4) is 0 Å². The molecule has 3 rings (SSSR count). The first-order chi connectivity index (χ1) is 9.63. The highest BCUT2D eigenvalue weighted by molar-refractivity contribution is 9.10. The van der Waals surface area contributed by atoms with Gasteiger partial charge in [0.2, 0.25) is 0 Å². The van der Waals surface area contributed by atoms with Crippen LogP contribution in [0, 0.1) is 0 Å². The van der Waals surface area contributed by atoms with Gasteiger partial charge in [-0.3, -0.25) is 4.98 Å². The smallest absolute Gasteiger partial charge is 0.104 e. The lowest BCUT2D eigenvalue weighted by Gasteiger charge is -2.13. The second-order valence-electron chi connectivity index (χ2n) is 4.56. The summed E-state index contributed by atoms with van der Waals surface area (Å²) < 4.78 is 0.845. The molecule has 1 heterocycles. The number of hydrogen-bond donors (Lipinski definition) is 1. The van der Waals surface area contributed by atoms with Gasteiger partial charge < -0.3 is 5.11 Å². The summed E-state index contributed by atoms with van der Waals surface area (Å²) in [6.07, 6.45) is 1.02. The Bertz CT molecular complexity index is 755. The molecule has 100 valence electrons. The van der Waals surface area contributed by atoms with Gasteiger partial charge in [-0.05, 0) is 41.5 Å². The Labute approximate surface area is 130 Å². The first-order valence-electron chi connectivity index (χ1n) is 6.12. The largest absolute Gasteiger partial charge is 0.384 e. The average Bonchev–Trinajstić information content (AvgIpc) is 2.45. The number of fused-ring (bicyclic) bond motifs is 1. The lowest BCUT2D eigenvalue weighted by molar-refractivity contribution is 0.220. The maximum absolute atomic E-state index is 10.5. The van der Waals surface area contributed by atoms with Crippen molar-refractivity contribution >= 4 is 38.4 Å². The monoisotopic (exact) mass is 347 g/mol. The normalized spacial score (nSPS) is 12.6. The molecule has 2 aromatic carbocycles. The van der Waals surface area contributed by atoms with E-state index < -0.39 is 6.10 Å². The molecule has 2 nitrogen and oxygen atoms in total. The number of nitrogens with zero attached hydrogens (tertiary/aromatic N) is 1. The highest BCUT2D eigenvalue weighted by atomic mass is 79.9. The molecule has 0 amide bonds. The third-order valence-corrected chi connectivity index (χ3v) is 3.82. The zero-order chi connectivity index (χ0) is 14.1. The molecular weight excluding hydrogens is 338 g/mol. The topological polar surface area (TPSA) is 33.1 Å². The Morgan fingerprint density at radius 2 is 1.90 bits per heavy atom. The number of rotatable bonds is 2. The van der Waals surface area contributed by atoms with E-state index in [4.69, 9.17) is 11.6 Å². The number of pyridine rings is 1. The standard InChI is InChI=1S/C16H11BrClNO/c17-13-6-12(7-14(18)9-13)16(20)11-4-3-10-2-1-5-19-15(10)8-11/h1-9,16,20H. The molecule has 0 aliphatic rings. The second-order valence-corrected chi connectivity index (χ2v) is 5.91. The van der Waals surface area contributed by atoms with Crippen LogP contribution in [0.1, 0.15) is 17.2 Å². The van der Waals surface area contributed by atoms with Crippen LogP contribution >= 0.6 is 27.5 Å². The molecule has 1 unspecified atom stereocenters. The van der Waals surface area contributed by atoms with Crippen LogP contribution < -0.4 is 0 Å². The van der Waals surface area contributed by atoms with Crippen LogP contribution in [-0.4, -0.2) is 10.1 Å². The van der Waals surface area contributed by atoms with Crippen molar-refractivity contribution < 1.29 is 5.11 Å². The molecule has 0 aliphatic heterocycles. The van der Waals surface area contributed by atoms with Gasteiger partial charge in [0.05, 0.1) is 5.52 Å². The molecule has 1 atom stereocenters. The number of aromatic nitrogens is 1. The van der Waals surface area contributed by atoms with Crippen LogP contribution in [-0.2, 0) is 0 Å². The minimum Gasteiger partial charge on any atom is -0.384 e. The molecule has 1 N–H and O–H groups in total. The molecule has 1 aromatic heterocycles. The van der Waals surface area contributed by atoms with E-state index in [2.05, 4.69) is 20.9 Å².